The Morgan fingerprint density at radius 2 is 1.62 bits per heavy atom. The molecule has 122 valence electrons. The molecule has 0 saturated heterocycles. The summed E-state index contributed by atoms with van der Waals surface area (Å²) < 4.78 is 78.3. The standard InChI is InChI=1S/C12H16F6N2O/c1-6-4-7(20-19)8(9(2,3)5-6)10(21,11(13,14)15)12(16,17)18/h4,8,21H,5,19H2,1-3H3. The summed E-state index contributed by atoms with van der Waals surface area (Å²) in [6.07, 6.45) is -10.8. The van der Waals surface area contributed by atoms with E-state index in [2.05, 4.69) is 5.10 Å². The number of nitrogens with zero attached hydrogens (tertiary/aromatic N) is 1. The molecule has 9 heteroatoms. The quantitative estimate of drug-likeness (QED) is 0.443. The van der Waals surface area contributed by atoms with Crippen molar-refractivity contribution in [1.82, 2.24) is 0 Å². The highest BCUT2D eigenvalue weighted by Gasteiger charge is 2.76. The van der Waals surface area contributed by atoms with Gasteiger partial charge in [-0.2, -0.15) is 31.4 Å². The van der Waals surface area contributed by atoms with Crippen LogP contribution in [0, 0.1) is 11.3 Å². The van der Waals surface area contributed by atoms with Crippen molar-refractivity contribution in [2.75, 3.05) is 0 Å². The number of alkyl halides is 6. The van der Waals surface area contributed by atoms with Crippen molar-refractivity contribution in [2.24, 2.45) is 22.3 Å². The maximum atomic E-state index is 13.0. The van der Waals surface area contributed by atoms with E-state index in [-0.39, 0.29) is 6.42 Å². The van der Waals surface area contributed by atoms with E-state index in [1.165, 1.54) is 13.8 Å². The van der Waals surface area contributed by atoms with Gasteiger partial charge in [-0.25, -0.2) is 0 Å². The van der Waals surface area contributed by atoms with Gasteiger partial charge < -0.3 is 10.9 Å². The maximum Gasteiger partial charge on any atom is 0.426 e. The van der Waals surface area contributed by atoms with Crippen LogP contribution in [-0.4, -0.2) is 28.8 Å². The van der Waals surface area contributed by atoms with Crippen LogP contribution < -0.4 is 5.84 Å². The SMILES string of the molecule is CC1=CC(=NN)C(C(O)(C(F)(F)F)C(F)(F)F)C(C)(C)C1. The molecular weight excluding hydrogens is 302 g/mol. The number of allylic oxidation sites excluding steroid dienone is 2. The molecule has 0 radical (unpaired) electrons. The fourth-order valence-corrected chi connectivity index (χ4v) is 2.99. The number of hydrogen-bond acceptors (Lipinski definition) is 3. The molecule has 0 saturated carbocycles. The molecule has 3 N–H and O–H groups in total. The topological polar surface area (TPSA) is 58.6 Å². The molecule has 0 aromatic rings. The monoisotopic (exact) mass is 318 g/mol. The molecule has 0 spiro atoms. The molecule has 1 atom stereocenters. The number of aliphatic hydroxyl groups is 1. The Bertz CT molecular complexity index is 461. The molecule has 0 aliphatic heterocycles. The van der Waals surface area contributed by atoms with Gasteiger partial charge in [0.1, 0.15) is 0 Å². The third kappa shape index (κ3) is 2.75. The van der Waals surface area contributed by atoms with Crippen molar-refractivity contribution < 1.29 is 31.4 Å². The van der Waals surface area contributed by atoms with E-state index in [0.717, 1.165) is 6.08 Å². The van der Waals surface area contributed by atoms with Crippen LogP contribution in [0.4, 0.5) is 26.3 Å². The predicted molar refractivity (Wildman–Crippen MR) is 64.3 cm³/mol. The summed E-state index contributed by atoms with van der Waals surface area (Å²) in [7, 11) is 0. The van der Waals surface area contributed by atoms with Gasteiger partial charge in [0.25, 0.3) is 5.60 Å². The van der Waals surface area contributed by atoms with Gasteiger partial charge in [0.15, 0.2) is 0 Å². The minimum Gasteiger partial charge on any atom is -0.373 e. The highest BCUT2D eigenvalue weighted by Crippen LogP contribution is 2.55. The molecule has 1 rings (SSSR count). The zero-order chi connectivity index (χ0) is 16.9. The Hall–Kier alpha value is -1.25. The fourth-order valence-electron chi connectivity index (χ4n) is 2.99. The second kappa shape index (κ2) is 4.89. The highest BCUT2D eigenvalue weighted by atomic mass is 19.4. The molecule has 3 nitrogen and oxygen atoms in total. The van der Waals surface area contributed by atoms with Crippen LogP contribution in [-0.2, 0) is 0 Å². The largest absolute Gasteiger partial charge is 0.426 e. The van der Waals surface area contributed by atoms with Crippen LogP contribution in [0.3, 0.4) is 0 Å². The molecule has 0 bridgehead atoms. The fraction of sp³-hybridized carbons (Fsp3) is 0.750. The van der Waals surface area contributed by atoms with Crippen LogP contribution in [0.1, 0.15) is 27.2 Å². The number of hydrogen-bond donors (Lipinski definition) is 2. The zero-order valence-electron chi connectivity index (χ0n) is 11.6. The minimum atomic E-state index is -5.91. The summed E-state index contributed by atoms with van der Waals surface area (Å²) in [5, 5.41) is 12.7. The third-order valence-corrected chi connectivity index (χ3v) is 3.64. The van der Waals surface area contributed by atoms with Crippen molar-refractivity contribution >= 4 is 5.71 Å². The first-order valence-corrected chi connectivity index (χ1v) is 5.99. The van der Waals surface area contributed by atoms with E-state index in [9.17, 15) is 31.4 Å². The smallest absolute Gasteiger partial charge is 0.373 e. The van der Waals surface area contributed by atoms with Gasteiger partial charge in [0, 0.05) is 0 Å². The van der Waals surface area contributed by atoms with Crippen LogP contribution in [0.2, 0.25) is 0 Å². The van der Waals surface area contributed by atoms with Gasteiger partial charge in [0.05, 0.1) is 11.6 Å². The predicted octanol–water partition coefficient (Wildman–Crippen LogP) is 3.15. The van der Waals surface area contributed by atoms with Gasteiger partial charge >= 0.3 is 12.4 Å². The van der Waals surface area contributed by atoms with Crippen LogP contribution in [0.15, 0.2) is 16.8 Å². The van der Waals surface area contributed by atoms with Crippen molar-refractivity contribution in [3.8, 4) is 0 Å². The summed E-state index contributed by atoms with van der Waals surface area (Å²) in [6, 6.07) is 0. The molecule has 0 amide bonds. The Balaban J connectivity index is 3.64. The minimum absolute atomic E-state index is 0.0504. The Morgan fingerprint density at radius 1 is 1.19 bits per heavy atom. The average molecular weight is 318 g/mol. The van der Waals surface area contributed by atoms with Crippen molar-refractivity contribution in [2.45, 2.75) is 45.1 Å². The molecule has 21 heavy (non-hydrogen) atoms. The van der Waals surface area contributed by atoms with Gasteiger partial charge in [0.2, 0.25) is 0 Å². The zero-order valence-corrected chi connectivity index (χ0v) is 11.6. The summed E-state index contributed by atoms with van der Waals surface area (Å²) in [6.45, 7) is 3.97. The number of nitrogens with two attached hydrogens (primary N) is 1. The van der Waals surface area contributed by atoms with Crippen LogP contribution in [0.5, 0.6) is 0 Å². The summed E-state index contributed by atoms with van der Waals surface area (Å²) in [4.78, 5) is 0. The first kappa shape index (κ1) is 17.8. The van der Waals surface area contributed by atoms with Gasteiger partial charge in [-0.05, 0) is 24.8 Å². The van der Waals surface area contributed by atoms with Gasteiger partial charge in [-0.15, -0.1) is 0 Å². The average Bonchev–Trinajstić information content (AvgIpc) is 2.22. The number of halogens is 6. The molecule has 1 aliphatic rings. The Labute approximate surface area is 117 Å². The van der Waals surface area contributed by atoms with E-state index in [1.807, 2.05) is 0 Å². The summed E-state index contributed by atoms with van der Waals surface area (Å²) in [5.74, 6) is 2.61. The van der Waals surface area contributed by atoms with Crippen molar-refractivity contribution in [3.63, 3.8) is 0 Å². The van der Waals surface area contributed by atoms with Crippen molar-refractivity contribution in [1.29, 1.82) is 0 Å². The molecular formula is C12H16F6N2O. The third-order valence-electron chi connectivity index (χ3n) is 3.64. The van der Waals surface area contributed by atoms with E-state index in [1.54, 1.807) is 6.92 Å². The molecule has 1 unspecified atom stereocenters. The number of hydrazone groups is 1. The Morgan fingerprint density at radius 3 is 1.95 bits per heavy atom. The van der Waals surface area contributed by atoms with Crippen LogP contribution in [0.25, 0.3) is 0 Å². The van der Waals surface area contributed by atoms with E-state index < -0.39 is 35.0 Å². The summed E-state index contributed by atoms with van der Waals surface area (Å²) in [5.41, 5.74) is -6.54. The lowest BCUT2D eigenvalue weighted by molar-refractivity contribution is -0.385. The first-order chi connectivity index (χ1) is 9.18. The van der Waals surface area contributed by atoms with Crippen molar-refractivity contribution in [3.05, 3.63) is 11.6 Å². The van der Waals surface area contributed by atoms with Crippen LogP contribution >= 0.6 is 0 Å². The van der Waals surface area contributed by atoms with E-state index >= 15 is 0 Å². The maximum absolute atomic E-state index is 13.0. The molecule has 0 aromatic carbocycles. The lowest BCUT2D eigenvalue weighted by Crippen LogP contribution is -2.67. The van der Waals surface area contributed by atoms with Gasteiger partial charge in [-0.1, -0.05) is 19.4 Å². The molecule has 0 fully saturated rings. The van der Waals surface area contributed by atoms with Gasteiger partial charge in [-0.3, -0.25) is 0 Å². The molecule has 0 heterocycles. The second-order valence-corrected chi connectivity index (χ2v) is 5.90. The molecule has 1 aliphatic carbocycles. The molecule has 0 aromatic heterocycles. The first-order valence-electron chi connectivity index (χ1n) is 5.99. The van der Waals surface area contributed by atoms with E-state index in [4.69, 9.17) is 5.84 Å². The highest BCUT2D eigenvalue weighted by molar-refractivity contribution is 5.99. The second-order valence-electron chi connectivity index (χ2n) is 5.90. The summed E-state index contributed by atoms with van der Waals surface area (Å²) >= 11 is 0. The lowest BCUT2D eigenvalue weighted by atomic mass is 9.61. The number of rotatable bonds is 1. The Kier molecular flexibility index (Phi) is 4.15. The normalized spacial score (nSPS) is 25.9. The lowest BCUT2D eigenvalue weighted by Gasteiger charge is -2.48. The van der Waals surface area contributed by atoms with E-state index in [0.29, 0.717) is 5.57 Å².